The highest BCUT2D eigenvalue weighted by Crippen LogP contribution is 2.32. The Hall–Kier alpha value is -2.93. The van der Waals surface area contributed by atoms with Crippen molar-refractivity contribution in [3.05, 3.63) is 83.7 Å². The van der Waals surface area contributed by atoms with Crippen LogP contribution in [-0.4, -0.2) is 24.1 Å². The number of amides is 1. The van der Waals surface area contributed by atoms with Crippen LogP contribution < -0.4 is 4.72 Å². The lowest BCUT2D eigenvalue weighted by Gasteiger charge is -2.22. The molecule has 156 valence electrons. The first-order valence-electron chi connectivity index (χ1n) is 10.2. The van der Waals surface area contributed by atoms with Crippen molar-refractivity contribution in [3.63, 3.8) is 0 Å². The summed E-state index contributed by atoms with van der Waals surface area (Å²) in [5.41, 5.74) is 2.55. The summed E-state index contributed by atoms with van der Waals surface area (Å²) < 4.78 is 28.9. The summed E-state index contributed by atoms with van der Waals surface area (Å²) >= 11 is 0. The number of carbonyl (C=O) groups is 1. The van der Waals surface area contributed by atoms with Gasteiger partial charge in [-0.1, -0.05) is 61.7 Å². The summed E-state index contributed by atoms with van der Waals surface area (Å²) in [4.78, 5) is 12.5. The van der Waals surface area contributed by atoms with Crippen LogP contribution >= 0.6 is 0 Å². The SMILES string of the molecule is O=C(NS(=O)(=O)c1cnn(Cc2ccccc2)c1)c1ccc(C2CCCCC2)cc1. The second kappa shape index (κ2) is 8.83. The van der Waals surface area contributed by atoms with Crippen molar-refractivity contribution < 1.29 is 13.2 Å². The van der Waals surface area contributed by atoms with E-state index < -0.39 is 15.9 Å². The molecule has 1 saturated carbocycles. The second-order valence-electron chi connectivity index (χ2n) is 7.75. The molecule has 1 N–H and O–H groups in total. The van der Waals surface area contributed by atoms with E-state index >= 15 is 0 Å². The van der Waals surface area contributed by atoms with Gasteiger partial charge >= 0.3 is 0 Å². The van der Waals surface area contributed by atoms with Gasteiger partial charge in [-0.25, -0.2) is 13.1 Å². The van der Waals surface area contributed by atoms with E-state index in [1.807, 2.05) is 42.5 Å². The minimum absolute atomic E-state index is 0.0365. The summed E-state index contributed by atoms with van der Waals surface area (Å²) in [6, 6.07) is 16.9. The van der Waals surface area contributed by atoms with Gasteiger partial charge in [-0.05, 0) is 42.0 Å². The van der Waals surface area contributed by atoms with Gasteiger partial charge in [0.2, 0.25) is 0 Å². The lowest BCUT2D eigenvalue weighted by molar-refractivity contribution is 0.0981. The molecule has 4 rings (SSSR count). The third-order valence-electron chi connectivity index (χ3n) is 5.58. The van der Waals surface area contributed by atoms with E-state index in [9.17, 15) is 13.2 Å². The molecule has 0 spiro atoms. The first-order valence-corrected chi connectivity index (χ1v) is 11.7. The molecular formula is C23H25N3O3S. The molecule has 6 nitrogen and oxygen atoms in total. The van der Waals surface area contributed by atoms with E-state index in [1.54, 1.807) is 12.1 Å². The molecule has 0 atom stereocenters. The Balaban J connectivity index is 1.42. The molecule has 30 heavy (non-hydrogen) atoms. The van der Waals surface area contributed by atoms with Gasteiger partial charge in [0.1, 0.15) is 4.90 Å². The Morgan fingerprint density at radius 1 is 1.00 bits per heavy atom. The van der Waals surface area contributed by atoms with Crippen molar-refractivity contribution in [2.75, 3.05) is 0 Å². The van der Waals surface area contributed by atoms with Crippen LogP contribution in [0.4, 0.5) is 0 Å². The number of nitrogens with one attached hydrogen (secondary N) is 1. The largest absolute Gasteiger partial charge is 0.268 e. The molecule has 0 aliphatic heterocycles. The number of rotatable bonds is 6. The molecule has 3 aromatic rings. The molecule has 0 radical (unpaired) electrons. The van der Waals surface area contributed by atoms with Crippen LogP contribution in [0.25, 0.3) is 0 Å². The fraction of sp³-hybridized carbons (Fsp3) is 0.304. The number of hydrogen-bond donors (Lipinski definition) is 1. The first-order chi connectivity index (χ1) is 14.5. The van der Waals surface area contributed by atoms with Crippen LogP contribution in [0.2, 0.25) is 0 Å². The molecule has 0 unspecified atom stereocenters. The van der Waals surface area contributed by atoms with Gasteiger partial charge in [0, 0.05) is 11.8 Å². The van der Waals surface area contributed by atoms with Crippen molar-refractivity contribution in [1.82, 2.24) is 14.5 Å². The third kappa shape index (κ3) is 4.79. The van der Waals surface area contributed by atoms with Gasteiger partial charge in [0.15, 0.2) is 0 Å². The monoisotopic (exact) mass is 423 g/mol. The minimum Gasteiger partial charge on any atom is -0.268 e. The maximum absolute atomic E-state index is 12.6. The van der Waals surface area contributed by atoms with E-state index in [-0.39, 0.29) is 4.90 Å². The Bertz CT molecular complexity index is 1100. The van der Waals surface area contributed by atoms with Gasteiger partial charge in [-0.2, -0.15) is 5.10 Å². The first kappa shape index (κ1) is 20.3. The smallest absolute Gasteiger partial charge is 0.267 e. The zero-order valence-corrected chi connectivity index (χ0v) is 17.5. The number of hydrogen-bond acceptors (Lipinski definition) is 4. The van der Waals surface area contributed by atoms with Crippen molar-refractivity contribution in [3.8, 4) is 0 Å². The molecule has 1 fully saturated rings. The van der Waals surface area contributed by atoms with Crippen LogP contribution in [0.1, 0.15) is 59.5 Å². The zero-order chi connectivity index (χ0) is 21.0. The highest BCUT2D eigenvalue weighted by Gasteiger charge is 2.21. The maximum Gasteiger partial charge on any atom is 0.267 e. The molecule has 1 amide bonds. The van der Waals surface area contributed by atoms with E-state index in [0.717, 1.165) is 5.56 Å². The Kier molecular flexibility index (Phi) is 5.99. The standard InChI is InChI=1S/C23H25N3O3S/c27-23(21-13-11-20(12-14-21)19-9-5-2-6-10-19)25-30(28,29)22-15-24-26(17-22)16-18-7-3-1-4-8-18/h1,3-4,7-8,11-15,17,19H,2,5-6,9-10,16H2,(H,25,27). The highest BCUT2D eigenvalue weighted by molar-refractivity contribution is 7.90. The molecule has 1 aliphatic carbocycles. The molecule has 1 aliphatic rings. The van der Waals surface area contributed by atoms with Crippen molar-refractivity contribution in [2.45, 2.75) is 49.5 Å². The van der Waals surface area contributed by atoms with Gasteiger partial charge in [0.25, 0.3) is 15.9 Å². The zero-order valence-electron chi connectivity index (χ0n) is 16.7. The van der Waals surface area contributed by atoms with Crippen molar-refractivity contribution >= 4 is 15.9 Å². The molecule has 0 bridgehead atoms. The summed E-state index contributed by atoms with van der Waals surface area (Å²) in [5, 5.41) is 4.11. The van der Waals surface area contributed by atoms with Crippen LogP contribution in [0.15, 0.2) is 71.9 Å². The van der Waals surface area contributed by atoms with Crippen molar-refractivity contribution in [1.29, 1.82) is 0 Å². The average molecular weight is 424 g/mol. The number of nitrogens with zero attached hydrogens (tertiary/aromatic N) is 2. The highest BCUT2D eigenvalue weighted by atomic mass is 32.2. The summed E-state index contributed by atoms with van der Waals surface area (Å²) in [6.07, 6.45) is 8.79. The maximum atomic E-state index is 12.6. The number of carbonyl (C=O) groups excluding carboxylic acids is 1. The lowest BCUT2D eigenvalue weighted by Crippen LogP contribution is -2.30. The fourth-order valence-corrected chi connectivity index (χ4v) is 4.85. The van der Waals surface area contributed by atoms with E-state index in [4.69, 9.17) is 0 Å². The van der Waals surface area contributed by atoms with Gasteiger partial charge < -0.3 is 0 Å². The predicted molar refractivity (Wildman–Crippen MR) is 115 cm³/mol. The summed E-state index contributed by atoms with van der Waals surface area (Å²) in [7, 11) is -3.99. The molecule has 1 heterocycles. The van der Waals surface area contributed by atoms with Crippen molar-refractivity contribution in [2.24, 2.45) is 0 Å². The fourth-order valence-electron chi connectivity index (χ4n) is 3.92. The Morgan fingerprint density at radius 3 is 2.40 bits per heavy atom. The van der Waals surface area contributed by atoms with E-state index in [2.05, 4.69) is 9.82 Å². The predicted octanol–water partition coefficient (Wildman–Crippen LogP) is 4.10. The molecule has 2 aromatic carbocycles. The number of benzene rings is 2. The number of sulfonamides is 1. The van der Waals surface area contributed by atoms with Crippen LogP contribution in [0, 0.1) is 0 Å². The van der Waals surface area contributed by atoms with Crippen LogP contribution in [0.3, 0.4) is 0 Å². The quantitative estimate of drug-likeness (QED) is 0.647. The Morgan fingerprint density at radius 2 is 1.70 bits per heavy atom. The second-order valence-corrected chi connectivity index (χ2v) is 9.43. The van der Waals surface area contributed by atoms with Gasteiger partial charge in [-0.3, -0.25) is 9.48 Å². The van der Waals surface area contributed by atoms with Gasteiger partial charge in [0.05, 0.1) is 12.7 Å². The average Bonchev–Trinajstić information content (AvgIpc) is 3.24. The summed E-state index contributed by atoms with van der Waals surface area (Å²) in [6.45, 7) is 0.451. The lowest BCUT2D eigenvalue weighted by atomic mass is 9.84. The molecule has 7 heteroatoms. The minimum atomic E-state index is -3.99. The van der Waals surface area contributed by atoms with Crippen LogP contribution in [0.5, 0.6) is 0 Å². The third-order valence-corrected chi connectivity index (χ3v) is 6.87. The normalized spacial score (nSPS) is 15.1. The molecular weight excluding hydrogens is 398 g/mol. The number of aromatic nitrogens is 2. The molecule has 1 aromatic heterocycles. The molecule has 0 saturated heterocycles. The topological polar surface area (TPSA) is 81.1 Å². The van der Waals surface area contributed by atoms with E-state index in [0.29, 0.717) is 18.0 Å². The summed E-state index contributed by atoms with van der Waals surface area (Å²) in [5.74, 6) is -0.101. The van der Waals surface area contributed by atoms with E-state index in [1.165, 1.54) is 54.7 Å². The van der Waals surface area contributed by atoms with Gasteiger partial charge in [-0.15, -0.1) is 0 Å². The Labute approximate surface area is 177 Å². The van der Waals surface area contributed by atoms with Crippen LogP contribution in [-0.2, 0) is 16.6 Å².